The zero-order chi connectivity index (χ0) is 18.0. The molecular weight excluding hydrogens is 318 g/mol. The summed E-state index contributed by atoms with van der Waals surface area (Å²) in [6.07, 6.45) is 3.35. The van der Waals surface area contributed by atoms with E-state index in [1.54, 1.807) is 4.90 Å². The van der Waals surface area contributed by atoms with E-state index in [-0.39, 0.29) is 12.5 Å². The Morgan fingerprint density at radius 1 is 1.40 bits per heavy atom. The zero-order valence-electron chi connectivity index (χ0n) is 14.6. The summed E-state index contributed by atoms with van der Waals surface area (Å²) in [7, 11) is 0. The van der Waals surface area contributed by atoms with E-state index in [2.05, 4.69) is 10.2 Å². The van der Waals surface area contributed by atoms with Crippen LogP contribution in [0, 0.1) is 12.3 Å². The highest BCUT2D eigenvalue weighted by molar-refractivity contribution is 6.00. The maximum Gasteiger partial charge on any atom is 0.311 e. The average Bonchev–Trinajstić information content (AvgIpc) is 3.10. The van der Waals surface area contributed by atoms with Gasteiger partial charge in [-0.2, -0.15) is 5.10 Å². The number of hydrogen-bond acceptors (Lipinski definition) is 3. The van der Waals surface area contributed by atoms with Crippen molar-refractivity contribution in [2.45, 2.75) is 33.1 Å². The van der Waals surface area contributed by atoms with Crippen molar-refractivity contribution >= 4 is 11.9 Å². The standard InChI is InChI=1S/C19H23N3O3/c1-3-19(18(24)25)8-5-9-22(12-19)17(23)15-11-20-21-16(15)14-7-4-6-13(2)10-14/h4,6-7,10-11H,3,5,8-9,12H2,1-2H3,(H,20,21)(H,24,25)/t19-/m1/s1. The minimum absolute atomic E-state index is 0.163. The van der Waals surface area contributed by atoms with Crippen LogP contribution in [0.1, 0.15) is 42.1 Å². The normalized spacial score (nSPS) is 20.5. The number of aromatic amines is 1. The van der Waals surface area contributed by atoms with Crippen LogP contribution in [0.15, 0.2) is 30.5 Å². The molecule has 0 bridgehead atoms. The third kappa shape index (κ3) is 3.16. The van der Waals surface area contributed by atoms with Gasteiger partial charge in [0.25, 0.3) is 5.91 Å². The van der Waals surface area contributed by atoms with Crippen LogP contribution >= 0.6 is 0 Å². The first kappa shape index (κ1) is 17.2. The van der Waals surface area contributed by atoms with Gasteiger partial charge in [-0.25, -0.2) is 0 Å². The Balaban J connectivity index is 1.90. The van der Waals surface area contributed by atoms with Crippen LogP contribution in [0.4, 0.5) is 0 Å². The van der Waals surface area contributed by atoms with E-state index in [9.17, 15) is 14.7 Å². The quantitative estimate of drug-likeness (QED) is 0.895. The van der Waals surface area contributed by atoms with Gasteiger partial charge in [0, 0.05) is 18.7 Å². The first-order valence-corrected chi connectivity index (χ1v) is 8.60. The summed E-state index contributed by atoms with van der Waals surface area (Å²) in [5, 5.41) is 16.6. The maximum absolute atomic E-state index is 13.0. The van der Waals surface area contributed by atoms with Gasteiger partial charge in [0.05, 0.1) is 22.9 Å². The van der Waals surface area contributed by atoms with Gasteiger partial charge in [0.15, 0.2) is 0 Å². The summed E-state index contributed by atoms with van der Waals surface area (Å²) in [4.78, 5) is 26.4. The molecule has 6 heteroatoms. The Hall–Kier alpha value is -2.63. The Bertz CT molecular complexity index is 799. The van der Waals surface area contributed by atoms with Gasteiger partial charge in [-0.05, 0) is 32.3 Å². The number of carboxylic acids is 1. The molecule has 1 aromatic carbocycles. The summed E-state index contributed by atoms with van der Waals surface area (Å²) in [6, 6.07) is 7.86. The molecule has 0 unspecified atom stereocenters. The molecule has 1 aliphatic rings. The number of aromatic nitrogens is 2. The largest absolute Gasteiger partial charge is 0.481 e. The number of carbonyl (C=O) groups is 2. The summed E-state index contributed by atoms with van der Waals surface area (Å²) < 4.78 is 0. The fourth-order valence-electron chi connectivity index (χ4n) is 3.56. The van der Waals surface area contributed by atoms with E-state index in [1.165, 1.54) is 6.20 Å². The van der Waals surface area contributed by atoms with Crippen molar-refractivity contribution in [1.29, 1.82) is 0 Å². The smallest absolute Gasteiger partial charge is 0.311 e. The van der Waals surface area contributed by atoms with Gasteiger partial charge in [0.2, 0.25) is 0 Å². The highest BCUT2D eigenvalue weighted by Crippen LogP contribution is 2.35. The van der Waals surface area contributed by atoms with Gasteiger partial charge >= 0.3 is 5.97 Å². The van der Waals surface area contributed by atoms with Crippen LogP contribution in [0.3, 0.4) is 0 Å². The first-order chi connectivity index (χ1) is 12.0. The number of carbonyl (C=O) groups excluding carboxylic acids is 1. The van der Waals surface area contributed by atoms with Crippen LogP contribution in [-0.4, -0.2) is 45.2 Å². The van der Waals surface area contributed by atoms with E-state index < -0.39 is 11.4 Å². The lowest BCUT2D eigenvalue weighted by atomic mass is 9.77. The minimum atomic E-state index is -0.846. The fourth-order valence-corrected chi connectivity index (χ4v) is 3.56. The van der Waals surface area contributed by atoms with Crippen LogP contribution in [0.25, 0.3) is 11.3 Å². The van der Waals surface area contributed by atoms with Crippen molar-refractivity contribution < 1.29 is 14.7 Å². The van der Waals surface area contributed by atoms with Crippen molar-refractivity contribution in [2.75, 3.05) is 13.1 Å². The molecule has 2 aromatic rings. The maximum atomic E-state index is 13.0. The molecular formula is C19H23N3O3. The molecule has 0 radical (unpaired) electrons. The minimum Gasteiger partial charge on any atom is -0.481 e. The van der Waals surface area contributed by atoms with Gasteiger partial charge in [-0.1, -0.05) is 30.7 Å². The Labute approximate surface area is 146 Å². The van der Waals surface area contributed by atoms with Crippen LogP contribution in [0.5, 0.6) is 0 Å². The van der Waals surface area contributed by atoms with E-state index in [4.69, 9.17) is 0 Å². The predicted octanol–water partition coefficient (Wildman–Crippen LogP) is 3.10. The van der Waals surface area contributed by atoms with Crippen molar-refractivity contribution in [3.8, 4) is 11.3 Å². The van der Waals surface area contributed by atoms with Gasteiger partial charge in [-0.15, -0.1) is 0 Å². The second kappa shape index (κ2) is 6.70. The Kier molecular flexibility index (Phi) is 4.61. The molecule has 2 N–H and O–H groups in total. The summed E-state index contributed by atoms with van der Waals surface area (Å²) in [6.45, 7) is 4.69. The number of nitrogens with zero attached hydrogens (tertiary/aromatic N) is 2. The number of amides is 1. The molecule has 1 saturated heterocycles. The van der Waals surface area contributed by atoms with Crippen LogP contribution in [-0.2, 0) is 4.79 Å². The number of aliphatic carboxylic acids is 1. The Morgan fingerprint density at radius 3 is 2.88 bits per heavy atom. The van der Waals surface area contributed by atoms with Crippen molar-refractivity contribution in [1.82, 2.24) is 15.1 Å². The number of carboxylic acid groups (broad SMARTS) is 1. The van der Waals surface area contributed by atoms with Crippen LogP contribution < -0.4 is 0 Å². The van der Waals surface area contributed by atoms with Crippen LogP contribution in [0.2, 0.25) is 0 Å². The second-order valence-electron chi connectivity index (χ2n) is 6.80. The number of likely N-dealkylation sites (tertiary alicyclic amines) is 1. The zero-order valence-corrected chi connectivity index (χ0v) is 14.6. The third-order valence-electron chi connectivity index (χ3n) is 5.17. The lowest BCUT2D eigenvalue weighted by molar-refractivity contribution is -0.152. The highest BCUT2D eigenvalue weighted by atomic mass is 16.4. The molecule has 0 spiro atoms. The summed E-state index contributed by atoms with van der Waals surface area (Å²) in [5.41, 5.74) is 2.32. The second-order valence-corrected chi connectivity index (χ2v) is 6.80. The molecule has 6 nitrogen and oxygen atoms in total. The van der Waals surface area contributed by atoms with Crippen molar-refractivity contribution in [3.63, 3.8) is 0 Å². The number of hydrogen-bond donors (Lipinski definition) is 2. The number of benzene rings is 1. The molecule has 1 aromatic heterocycles. The van der Waals surface area contributed by atoms with E-state index >= 15 is 0 Å². The number of H-pyrrole nitrogens is 1. The number of aryl methyl sites for hydroxylation is 1. The number of nitrogens with one attached hydrogen (secondary N) is 1. The van der Waals surface area contributed by atoms with Crippen molar-refractivity contribution in [3.05, 3.63) is 41.6 Å². The SMILES string of the molecule is CC[C@@]1(C(=O)O)CCCN(C(=O)c2cn[nH]c2-c2cccc(C)c2)C1. The number of piperidine rings is 1. The first-order valence-electron chi connectivity index (χ1n) is 8.60. The molecule has 0 saturated carbocycles. The predicted molar refractivity (Wildman–Crippen MR) is 94.3 cm³/mol. The average molecular weight is 341 g/mol. The van der Waals surface area contributed by atoms with E-state index in [1.807, 2.05) is 38.1 Å². The molecule has 1 fully saturated rings. The molecule has 132 valence electrons. The molecule has 3 rings (SSSR count). The lowest BCUT2D eigenvalue weighted by Crippen LogP contribution is -2.49. The molecule has 0 aliphatic carbocycles. The summed E-state index contributed by atoms with van der Waals surface area (Å²) in [5.74, 6) is -0.984. The van der Waals surface area contributed by atoms with Gasteiger partial charge in [0.1, 0.15) is 0 Å². The fraction of sp³-hybridized carbons (Fsp3) is 0.421. The lowest BCUT2D eigenvalue weighted by Gasteiger charge is -2.39. The van der Waals surface area contributed by atoms with E-state index in [0.29, 0.717) is 37.1 Å². The van der Waals surface area contributed by atoms with Gasteiger partial charge < -0.3 is 10.0 Å². The number of rotatable bonds is 4. The van der Waals surface area contributed by atoms with E-state index in [0.717, 1.165) is 11.1 Å². The molecule has 2 heterocycles. The third-order valence-corrected chi connectivity index (χ3v) is 5.17. The Morgan fingerprint density at radius 2 is 2.20 bits per heavy atom. The van der Waals surface area contributed by atoms with Gasteiger partial charge in [-0.3, -0.25) is 14.7 Å². The molecule has 1 aliphatic heterocycles. The molecule has 25 heavy (non-hydrogen) atoms. The monoisotopic (exact) mass is 341 g/mol. The topological polar surface area (TPSA) is 86.3 Å². The van der Waals surface area contributed by atoms with Crippen molar-refractivity contribution in [2.24, 2.45) is 5.41 Å². The highest BCUT2D eigenvalue weighted by Gasteiger charge is 2.42. The summed E-state index contributed by atoms with van der Waals surface area (Å²) >= 11 is 0. The molecule has 1 amide bonds. The molecule has 1 atom stereocenters.